The van der Waals surface area contributed by atoms with Crippen LogP contribution in [-0.4, -0.2) is 55.3 Å². The number of amides is 2. The lowest BCUT2D eigenvalue weighted by atomic mass is 10.1. The zero-order valence-corrected chi connectivity index (χ0v) is 21.9. The number of thioether (sulfide) groups is 1. The highest BCUT2D eigenvalue weighted by molar-refractivity contribution is 8.26. The molecule has 0 aromatic heterocycles. The Morgan fingerprint density at radius 2 is 1.58 bits per heavy atom. The van der Waals surface area contributed by atoms with E-state index in [9.17, 15) is 14.4 Å². The van der Waals surface area contributed by atoms with E-state index in [-0.39, 0.29) is 9.89 Å². The second-order valence-corrected chi connectivity index (χ2v) is 8.94. The van der Waals surface area contributed by atoms with Crippen molar-refractivity contribution in [3.8, 4) is 23.0 Å². The van der Waals surface area contributed by atoms with Gasteiger partial charge in [-0.05, 0) is 42.8 Å². The van der Waals surface area contributed by atoms with Gasteiger partial charge in [-0.1, -0.05) is 36.1 Å². The van der Waals surface area contributed by atoms with Crippen LogP contribution < -0.4 is 24.3 Å². The Morgan fingerprint density at radius 1 is 0.972 bits per heavy atom. The largest absolute Gasteiger partial charge is 0.495 e. The third-order valence-corrected chi connectivity index (χ3v) is 6.38. The molecule has 2 amide bonds. The lowest BCUT2D eigenvalue weighted by molar-refractivity contribution is -0.120. The average Bonchev–Trinajstić information content (AvgIpc) is 3.13. The van der Waals surface area contributed by atoms with Crippen molar-refractivity contribution in [3.63, 3.8) is 0 Å². The van der Waals surface area contributed by atoms with Crippen LogP contribution in [0.3, 0.4) is 0 Å². The van der Waals surface area contributed by atoms with Crippen molar-refractivity contribution in [2.75, 3.05) is 33.8 Å². The summed E-state index contributed by atoms with van der Waals surface area (Å²) in [7, 11) is 5.94. The minimum atomic E-state index is -0.699. The average molecular weight is 529 g/mol. The molecule has 0 atom stereocenters. The summed E-state index contributed by atoms with van der Waals surface area (Å²) in [6, 6.07) is 10.1. The molecular formula is C25H24N2O7S2. The Hall–Kier alpha value is -3.83. The third-order valence-electron chi connectivity index (χ3n) is 5.05. The van der Waals surface area contributed by atoms with E-state index in [0.717, 1.165) is 22.9 Å². The van der Waals surface area contributed by atoms with Crippen molar-refractivity contribution in [2.24, 2.45) is 0 Å². The monoisotopic (exact) mass is 528 g/mol. The molecule has 9 nitrogen and oxygen atoms in total. The van der Waals surface area contributed by atoms with Crippen molar-refractivity contribution < 1.29 is 33.3 Å². The molecule has 1 heterocycles. The number of hydrogen-bond acceptors (Lipinski definition) is 9. The van der Waals surface area contributed by atoms with Gasteiger partial charge in [0, 0.05) is 6.20 Å². The number of anilines is 1. The topological polar surface area (TPSA) is 103 Å². The number of para-hydroxylation sites is 2. The molecule has 2 aromatic carbocycles. The highest BCUT2D eigenvalue weighted by Gasteiger charge is 2.33. The lowest BCUT2D eigenvalue weighted by Gasteiger charge is -2.14. The van der Waals surface area contributed by atoms with Gasteiger partial charge in [-0.3, -0.25) is 19.3 Å². The second kappa shape index (κ2) is 11.7. The summed E-state index contributed by atoms with van der Waals surface area (Å²) in [6.45, 7) is 1.23. The van der Waals surface area contributed by atoms with E-state index >= 15 is 0 Å². The maximum atomic E-state index is 13.1. The molecule has 2 aromatic rings. The van der Waals surface area contributed by atoms with E-state index in [2.05, 4.69) is 5.32 Å². The Balaban J connectivity index is 1.92. The van der Waals surface area contributed by atoms with Gasteiger partial charge < -0.3 is 24.3 Å². The van der Waals surface area contributed by atoms with Crippen LogP contribution in [0.4, 0.5) is 5.69 Å². The van der Waals surface area contributed by atoms with E-state index in [1.54, 1.807) is 42.5 Å². The normalized spacial score (nSPS) is 14.6. The predicted molar refractivity (Wildman–Crippen MR) is 141 cm³/mol. The second-order valence-electron chi connectivity index (χ2n) is 7.26. The molecule has 0 saturated carbocycles. The number of methoxy groups -OCH3 is 4. The van der Waals surface area contributed by atoms with Crippen LogP contribution in [-0.2, 0) is 14.4 Å². The summed E-state index contributed by atoms with van der Waals surface area (Å²) in [5.41, 5.74) is 0.741. The van der Waals surface area contributed by atoms with Crippen LogP contribution in [0.1, 0.15) is 12.5 Å². The Kier molecular flexibility index (Phi) is 8.73. The molecule has 36 heavy (non-hydrogen) atoms. The molecule has 1 aliphatic rings. The van der Waals surface area contributed by atoms with Gasteiger partial charge in [0.15, 0.2) is 21.6 Å². The summed E-state index contributed by atoms with van der Waals surface area (Å²) in [6.07, 6.45) is 2.76. The van der Waals surface area contributed by atoms with E-state index in [1.807, 2.05) is 0 Å². The van der Waals surface area contributed by atoms with E-state index in [0.29, 0.717) is 39.2 Å². The van der Waals surface area contributed by atoms with Gasteiger partial charge in [-0.25, -0.2) is 0 Å². The first-order valence-corrected chi connectivity index (χ1v) is 11.7. The number of ketones is 1. The van der Waals surface area contributed by atoms with Crippen molar-refractivity contribution in [2.45, 2.75) is 6.92 Å². The number of Topliss-reactive ketones (excluding diaryl/α,β-unsaturated/α-hetero) is 1. The molecule has 1 N–H and O–H groups in total. The van der Waals surface area contributed by atoms with E-state index < -0.39 is 17.6 Å². The molecule has 0 spiro atoms. The maximum absolute atomic E-state index is 13.1. The van der Waals surface area contributed by atoms with Crippen molar-refractivity contribution >= 4 is 57.7 Å². The maximum Gasteiger partial charge on any atom is 0.270 e. The van der Waals surface area contributed by atoms with Crippen LogP contribution in [0.15, 0.2) is 53.1 Å². The van der Waals surface area contributed by atoms with Gasteiger partial charge in [0.2, 0.25) is 5.75 Å². The smallest absolute Gasteiger partial charge is 0.270 e. The predicted octanol–water partition coefficient (Wildman–Crippen LogP) is 4.03. The number of nitrogens with zero attached hydrogens (tertiary/aromatic N) is 1. The van der Waals surface area contributed by atoms with Crippen LogP contribution in [0.25, 0.3) is 6.08 Å². The van der Waals surface area contributed by atoms with Gasteiger partial charge in [0.05, 0.1) is 44.6 Å². The first kappa shape index (κ1) is 26.8. The molecule has 3 rings (SSSR count). The fourth-order valence-electron chi connectivity index (χ4n) is 3.30. The van der Waals surface area contributed by atoms with E-state index in [1.165, 1.54) is 35.4 Å². The summed E-state index contributed by atoms with van der Waals surface area (Å²) in [5.74, 6) is -0.0366. The summed E-state index contributed by atoms with van der Waals surface area (Å²) < 4.78 is 21.4. The van der Waals surface area contributed by atoms with Crippen LogP contribution in [0.5, 0.6) is 23.0 Å². The first-order valence-electron chi connectivity index (χ1n) is 10.5. The lowest BCUT2D eigenvalue weighted by Crippen LogP contribution is -2.27. The molecule has 11 heteroatoms. The van der Waals surface area contributed by atoms with Gasteiger partial charge in [-0.2, -0.15) is 0 Å². The number of carbonyl (C=O) groups is 3. The quantitative estimate of drug-likeness (QED) is 0.224. The highest BCUT2D eigenvalue weighted by atomic mass is 32.2. The van der Waals surface area contributed by atoms with Gasteiger partial charge in [-0.15, -0.1) is 0 Å². The van der Waals surface area contributed by atoms with Gasteiger partial charge >= 0.3 is 0 Å². The third kappa shape index (κ3) is 5.69. The number of ether oxygens (including phenoxy) is 4. The molecule has 0 radical (unpaired) electrons. The summed E-state index contributed by atoms with van der Waals surface area (Å²) >= 11 is 6.40. The minimum Gasteiger partial charge on any atom is -0.495 e. The number of rotatable bonds is 9. The SMILES string of the molecule is COc1ccccc1NC(=O)/C(=C\N1C(=O)/C(=C/c2cc(OC)c(OC)c(OC)c2)SC1=S)C(C)=O. The highest BCUT2D eigenvalue weighted by Crippen LogP contribution is 2.40. The first-order chi connectivity index (χ1) is 17.2. The number of hydrogen-bond donors (Lipinski definition) is 1. The molecule has 1 fully saturated rings. The van der Waals surface area contributed by atoms with Crippen LogP contribution in [0, 0.1) is 0 Å². The molecule has 0 unspecified atom stereocenters. The number of thiocarbonyl (C=S) groups is 1. The fourth-order valence-corrected chi connectivity index (χ4v) is 4.51. The van der Waals surface area contributed by atoms with Gasteiger partial charge in [0.1, 0.15) is 5.75 Å². The molecule has 188 valence electrons. The number of benzene rings is 2. The minimum absolute atomic E-state index is 0.169. The van der Waals surface area contributed by atoms with Crippen LogP contribution in [0.2, 0.25) is 0 Å². The molecule has 0 bridgehead atoms. The Morgan fingerprint density at radius 3 is 2.14 bits per heavy atom. The van der Waals surface area contributed by atoms with Crippen molar-refractivity contribution in [1.82, 2.24) is 4.90 Å². The van der Waals surface area contributed by atoms with Crippen LogP contribution >= 0.6 is 24.0 Å². The number of nitrogens with one attached hydrogen (secondary N) is 1. The summed E-state index contributed by atoms with van der Waals surface area (Å²) in [5, 5.41) is 2.64. The standard InChI is InChI=1S/C25H24N2O7S2/c1-14(28)16(23(29)26-17-8-6-7-9-18(17)31-2)13-27-24(30)21(36-25(27)35)12-15-10-19(32-3)22(34-5)20(11-15)33-4/h6-13H,1-5H3,(H,26,29)/b16-13-,21-12-. The molecule has 1 aliphatic heterocycles. The fraction of sp³-hybridized carbons (Fsp3) is 0.200. The zero-order valence-electron chi connectivity index (χ0n) is 20.2. The van der Waals surface area contributed by atoms with Crippen molar-refractivity contribution in [1.29, 1.82) is 0 Å². The summed E-state index contributed by atoms with van der Waals surface area (Å²) in [4.78, 5) is 39.7. The van der Waals surface area contributed by atoms with Gasteiger partial charge in [0.25, 0.3) is 11.8 Å². The van der Waals surface area contributed by atoms with E-state index in [4.69, 9.17) is 31.2 Å². The number of carbonyl (C=O) groups excluding carboxylic acids is 3. The van der Waals surface area contributed by atoms with Crippen molar-refractivity contribution in [3.05, 3.63) is 58.6 Å². The molecular weight excluding hydrogens is 504 g/mol. The Labute approximate surface area is 218 Å². The Bertz CT molecular complexity index is 1260. The molecule has 1 saturated heterocycles. The zero-order chi connectivity index (χ0) is 26.4. The molecule has 0 aliphatic carbocycles.